The number of carbonyl (C=O) groups excluding carboxylic acids is 3. The van der Waals surface area contributed by atoms with Crippen molar-refractivity contribution in [1.29, 1.82) is 0 Å². The monoisotopic (exact) mass is 439 g/mol. The summed E-state index contributed by atoms with van der Waals surface area (Å²) in [5, 5.41) is -0.124. The van der Waals surface area contributed by atoms with Crippen molar-refractivity contribution >= 4 is 35.1 Å². The van der Waals surface area contributed by atoms with Gasteiger partial charge in [0.05, 0.1) is 18.4 Å². The molecule has 4 rings (SSSR count). The van der Waals surface area contributed by atoms with E-state index >= 15 is 0 Å². The van der Waals surface area contributed by atoms with Crippen LogP contribution in [-0.4, -0.2) is 60.9 Å². The molecule has 0 aromatic heterocycles. The number of piperazine rings is 1. The number of halogens is 1. The predicted octanol–water partition coefficient (Wildman–Crippen LogP) is 2.61. The molecule has 0 atom stereocenters. The van der Waals surface area contributed by atoms with Crippen LogP contribution in [0.3, 0.4) is 0 Å². The largest absolute Gasteiger partial charge is 0.465 e. The van der Waals surface area contributed by atoms with E-state index in [1.807, 2.05) is 23.1 Å². The average Bonchev–Trinajstić information content (AvgIpc) is 3.02. The highest BCUT2D eigenvalue weighted by Gasteiger charge is 2.43. The van der Waals surface area contributed by atoms with Gasteiger partial charge in [0.2, 0.25) is 0 Å². The first kappa shape index (κ1) is 21.1. The molecule has 2 aromatic carbocycles. The van der Waals surface area contributed by atoms with Crippen molar-refractivity contribution in [3.05, 3.63) is 76.5 Å². The van der Waals surface area contributed by atoms with Crippen LogP contribution in [0.5, 0.6) is 0 Å². The van der Waals surface area contributed by atoms with Gasteiger partial charge < -0.3 is 9.64 Å². The molecule has 7 nitrogen and oxygen atoms in total. The van der Waals surface area contributed by atoms with Gasteiger partial charge in [-0.1, -0.05) is 54.1 Å². The Labute approximate surface area is 185 Å². The quantitative estimate of drug-likeness (QED) is 0.527. The Morgan fingerprint density at radius 1 is 0.935 bits per heavy atom. The Morgan fingerprint density at radius 2 is 1.58 bits per heavy atom. The van der Waals surface area contributed by atoms with Gasteiger partial charge in [-0.15, -0.1) is 0 Å². The smallest absolute Gasteiger partial charge is 0.339 e. The van der Waals surface area contributed by atoms with Crippen LogP contribution in [0.15, 0.2) is 65.3 Å². The second-order valence-corrected chi connectivity index (χ2v) is 7.74. The molecule has 0 aliphatic carbocycles. The Morgan fingerprint density at radius 3 is 2.26 bits per heavy atom. The van der Waals surface area contributed by atoms with Crippen molar-refractivity contribution in [1.82, 2.24) is 9.80 Å². The zero-order valence-electron chi connectivity index (χ0n) is 17.1. The second kappa shape index (κ2) is 8.91. The van der Waals surface area contributed by atoms with Gasteiger partial charge in [0.25, 0.3) is 11.8 Å². The van der Waals surface area contributed by atoms with E-state index < -0.39 is 17.8 Å². The second-order valence-electron chi connectivity index (χ2n) is 7.37. The molecule has 8 heteroatoms. The highest BCUT2D eigenvalue weighted by Crippen LogP contribution is 2.33. The number of amides is 2. The molecule has 1 fully saturated rings. The summed E-state index contributed by atoms with van der Waals surface area (Å²) in [5.74, 6) is -1.79. The Hall–Kier alpha value is -3.16. The number of methoxy groups -OCH3 is 1. The molecule has 0 radical (unpaired) electrons. The highest BCUT2D eigenvalue weighted by atomic mass is 35.5. The molecule has 0 N–H and O–H groups in total. The van der Waals surface area contributed by atoms with Gasteiger partial charge in [0.1, 0.15) is 10.7 Å². The average molecular weight is 440 g/mol. The van der Waals surface area contributed by atoms with E-state index in [2.05, 4.69) is 17.0 Å². The minimum atomic E-state index is -0.635. The number of para-hydroxylation sites is 1. The number of anilines is 1. The molecule has 2 heterocycles. The summed E-state index contributed by atoms with van der Waals surface area (Å²) in [7, 11) is 1.25. The number of hydrogen-bond acceptors (Lipinski definition) is 6. The normalized spacial score (nSPS) is 17.5. The van der Waals surface area contributed by atoms with Crippen molar-refractivity contribution in [3.63, 3.8) is 0 Å². The molecule has 2 aromatic rings. The zero-order chi connectivity index (χ0) is 22.0. The van der Waals surface area contributed by atoms with E-state index in [9.17, 15) is 14.4 Å². The molecular formula is C23H22ClN3O4. The van der Waals surface area contributed by atoms with Gasteiger partial charge >= 0.3 is 5.97 Å². The summed E-state index contributed by atoms with van der Waals surface area (Å²) in [6, 6.07) is 16.5. The van der Waals surface area contributed by atoms with E-state index in [0.717, 1.165) is 24.5 Å². The van der Waals surface area contributed by atoms with Gasteiger partial charge in [0.15, 0.2) is 0 Å². The third kappa shape index (κ3) is 4.06. The molecule has 2 aliphatic rings. The first-order valence-corrected chi connectivity index (χ1v) is 10.4. The Bertz CT molecular complexity index is 1050. The molecule has 31 heavy (non-hydrogen) atoms. The van der Waals surface area contributed by atoms with Crippen molar-refractivity contribution in [2.75, 3.05) is 38.2 Å². The predicted molar refractivity (Wildman–Crippen MR) is 116 cm³/mol. The molecule has 2 aliphatic heterocycles. The number of esters is 1. The van der Waals surface area contributed by atoms with Crippen LogP contribution >= 0.6 is 11.6 Å². The van der Waals surface area contributed by atoms with E-state index in [0.29, 0.717) is 13.1 Å². The van der Waals surface area contributed by atoms with Crippen LogP contribution in [-0.2, 0) is 20.9 Å². The van der Waals surface area contributed by atoms with Crippen LogP contribution < -0.4 is 4.90 Å². The fraction of sp³-hybridized carbons (Fsp3) is 0.261. The van der Waals surface area contributed by atoms with Crippen molar-refractivity contribution < 1.29 is 19.1 Å². The molecule has 0 unspecified atom stereocenters. The molecule has 160 valence electrons. The lowest BCUT2D eigenvalue weighted by molar-refractivity contribution is -0.121. The summed E-state index contributed by atoms with van der Waals surface area (Å²) >= 11 is 6.33. The summed E-state index contributed by atoms with van der Waals surface area (Å²) in [6.07, 6.45) is 0. The number of ether oxygens (including phenoxy) is 1. The van der Waals surface area contributed by atoms with Crippen LogP contribution in [0.25, 0.3) is 0 Å². The third-order valence-corrected chi connectivity index (χ3v) is 5.83. The van der Waals surface area contributed by atoms with Gasteiger partial charge in [-0.25, -0.2) is 9.69 Å². The minimum absolute atomic E-state index is 0.124. The Kier molecular flexibility index (Phi) is 6.06. The van der Waals surface area contributed by atoms with Gasteiger partial charge in [-0.05, 0) is 17.7 Å². The number of rotatable bonds is 5. The molecule has 2 amide bonds. The number of nitrogens with zero attached hydrogens (tertiary/aromatic N) is 3. The van der Waals surface area contributed by atoms with Gasteiger partial charge in [-0.2, -0.15) is 0 Å². The maximum absolute atomic E-state index is 13.2. The SMILES string of the molecule is COC(=O)c1ccccc1N1C(=O)C(Cl)=C(N2CCN(Cc3ccccc3)CC2)C1=O. The van der Waals surface area contributed by atoms with Crippen molar-refractivity contribution in [2.45, 2.75) is 6.54 Å². The number of carbonyl (C=O) groups is 3. The van der Waals surface area contributed by atoms with Gasteiger partial charge in [-0.3, -0.25) is 14.5 Å². The van der Waals surface area contributed by atoms with E-state index in [1.165, 1.54) is 24.8 Å². The fourth-order valence-electron chi connectivity index (χ4n) is 3.91. The van der Waals surface area contributed by atoms with E-state index in [1.54, 1.807) is 12.1 Å². The minimum Gasteiger partial charge on any atom is -0.465 e. The zero-order valence-corrected chi connectivity index (χ0v) is 17.8. The Balaban J connectivity index is 1.50. The lowest BCUT2D eigenvalue weighted by Gasteiger charge is -2.36. The van der Waals surface area contributed by atoms with Crippen LogP contribution in [0.1, 0.15) is 15.9 Å². The van der Waals surface area contributed by atoms with Crippen LogP contribution in [0, 0.1) is 0 Å². The number of benzene rings is 2. The van der Waals surface area contributed by atoms with Crippen molar-refractivity contribution in [3.8, 4) is 0 Å². The maximum atomic E-state index is 13.2. The number of imide groups is 1. The number of hydrogen-bond donors (Lipinski definition) is 0. The third-order valence-electron chi connectivity index (χ3n) is 5.49. The summed E-state index contributed by atoms with van der Waals surface area (Å²) in [5.41, 5.74) is 1.71. The van der Waals surface area contributed by atoms with Crippen molar-refractivity contribution in [2.24, 2.45) is 0 Å². The lowest BCUT2D eigenvalue weighted by atomic mass is 10.1. The summed E-state index contributed by atoms with van der Waals surface area (Å²) in [6.45, 7) is 3.45. The standard InChI is InChI=1S/C23H22ClN3O4/c1-31-23(30)17-9-5-6-10-18(17)27-21(28)19(24)20(22(27)29)26-13-11-25(12-14-26)15-16-7-3-2-4-8-16/h2-10H,11-15H2,1H3. The highest BCUT2D eigenvalue weighted by molar-refractivity contribution is 6.52. The van der Waals surface area contributed by atoms with Crippen LogP contribution in [0.2, 0.25) is 0 Å². The molecule has 0 spiro atoms. The summed E-state index contributed by atoms with van der Waals surface area (Å²) in [4.78, 5) is 43.3. The van der Waals surface area contributed by atoms with E-state index in [4.69, 9.17) is 16.3 Å². The molecule has 1 saturated heterocycles. The van der Waals surface area contributed by atoms with E-state index in [-0.39, 0.29) is 22.0 Å². The molecule has 0 bridgehead atoms. The summed E-state index contributed by atoms with van der Waals surface area (Å²) < 4.78 is 4.79. The van der Waals surface area contributed by atoms with Crippen LogP contribution in [0.4, 0.5) is 5.69 Å². The van der Waals surface area contributed by atoms with Gasteiger partial charge in [0, 0.05) is 32.7 Å². The molecular weight excluding hydrogens is 418 g/mol. The topological polar surface area (TPSA) is 70.2 Å². The first-order valence-electron chi connectivity index (χ1n) is 9.98. The maximum Gasteiger partial charge on any atom is 0.339 e. The molecule has 0 saturated carbocycles. The lowest BCUT2D eigenvalue weighted by Crippen LogP contribution is -2.47. The fourth-order valence-corrected chi connectivity index (χ4v) is 4.19. The first-order chi connectivity index (χ1) is 15.0.